The minimum absolute atomic E-state index is 0.605. The third-order valence-electron chi connectivity index (χ3n) is 4.85. The van der Waals surface area contributed by atoms with Gasteiger partial charge in [-0.15, -0.1) is 0 Å². The summed E-state index contributed by atoms with van der Waals surface area (Å²) in [6.07, 6.45) is 5.50. The molecule has 0 radical (unpaired) electrons. The highest BCUT2D eigenvalue weighted by atomic mass is 15.2. The van der Waals surface area contributed by atoms with Crippen LogP contribution in [0, 0.1) is 6.92 Å². The summed E-state index contributed by atoms with van der Waals surface area (Å²) >= 11 is 0. The molecule has 4 rings (SSSR count). The van der Waals surface area contributed by atoms with Crippen molar-refractivity contribution in [2.75, 3.05) is 13.1 Å². The number of imidazole rings is 1. The van der Waals surface area contributed by atoms with Crippen LogP contribution in [0.4, 0.5) is 0 Å². The van der Waals surface area contributed by atoms with Gasteiger partial charge in [0.1, 0.15) is 5.82 Å². The van der Waals surface area contributed by atoms with E-state index in [0.717, 1.165) is 11.6 Å². The van der Waals surface area contributed by atoms with E-state index >= 15 is 0 Å². The predicted octanol–water partition coefficient (Wildman–Crippen LogP) is 3.21. The molecule has 3 nitrogen and oxygen atoms in total. The molecule has 1 aliphatic heterocycles. The highest BCUT2D eigenvalue weighted by Gasteiger charge is 2.33. The fourth-order valence-corrected chi connectivity index (χ4v) is 3.43. The molecule has 3 heteroatoms. The highest BCUT2D eigenvalue weighted by molar-refractivity contribution is 5.75. The first-order chi connectivity index (χ1) is 9.29. The van der Waals surface area contributed by atoms with E-state index in [1.165, 1.54) is 55.7 Å². The number of aryl methyl sites for hydroxylation is 1. The van der Waals surface area contributed by atoms with Crippen LogP contribution in [0.5, 0.6) is 0 Å². The maximum absolute atomic E-state index is 4.79. The fourth-order valence-electron chi connectivity index (χ4n) is 3.43. The molecule has 0 amide bonds. The minimum Gasteiger partial charge on any atom is -0.342 e. The number of aromatic amines is 1. The van der Waals surface area contributed by atoms with E-state index in [0.29, 0.717) is 5.92 Å². The van der Waals surface area contributed by atoms with E-state index in [1.54, 1.807) is 0 Å². The van der Waals surface area contributed by atoms with Crippen LogP contribution in [0.15, 0.2) is 18.2 Å². The molecule has 2 aromatic rings. The van der Waals surface area contributed by atoms with Crippen molar-refractivity contribution in [1.29, 1.82) is 0 Å². The molecule has 1 aromatic heterocycles. The maximum Gasteiger partial charge on any atom is 0.111 e. The smallest absolute Gasteiger partial charge is 0.111 e. The van der Waals surface area contributed by atoms with Crippen LogP contribution in [0.25, 0.3) is 11.0 Å². The molecule has 100 valence electrons. The fraction of sp³-hybridized carbons (Fsp3) is 0.562. The summed E-state index contributed by atoms with van der Waals surface area (Å²) in [6.45, 7) is 4.59. The number of H-pyrrole nitrogens is 1. The monoisotopic (exact) mass is 255 g/mol. The van der Waals surface area contributed by atoms with Gasteiger partial charge in [0.05, 0.1) is 11.0 Å². The van der Waals surface area contributed by atoms with Crippen molar-refractivity contribution in [1.82, 2.24) is 14.9 Å². The summed E-state index contributed by atoms with van der Waals surface area (Å²) in [5.41, 5.74) is 3.60. The summed E-state index contributed by atoms with van der Waals surface area (Å²) in [5, 5.41) is 0. The average Bonchev–Trinajstić information content (AvgIpc) is 2.92. The van der Waals surface area contributed by atoms with Crippen LogP contribution in [-0.4, -0.2) is 34.0 Å². The SMILES string of the molecule is Cc1ccc2nc(C3CCN(C4CCC4)C3)[nH]c2c1. The van der Waals surface area contributed by atoms with Gasteiger partial charge in [0, 0.05) is 18.5 Å². The molecule has 1 saturated carbocycles. The predicted molar refractivity (Wildman–Crippen MR) is 77.4 cm³/mol. The normalized spacial score (nSPS) is 25.0. The Balaban J connectivity index is 1.57. The zero-order valence-corrected chi connectivity index (χ0v) is 11.5. The highest BCUT2D eigenvalue weighted by Crippen LogP contribution is 2.33. The number of hydrogen-bond donors (Lipinski definition) is 1. The average molecular weight is 255 g/mol. The Kier molecular flexibility index (Phi) is 2.62. The molecule has 2 heterocycles. The lowest BCUT2D eigenvalue weighted by atomic mass is 9.92. The number of nitrogens with one attached hydrogen (secondary N) is 1. The van der Waals surface area contributed by atoms with Gasteiger partial charge in [-0.25, -0.2) is 4.98 Å². The van der Waals surface area contributed by atoms with Gasteiger partial charge in [0.15, 0.2) is 0 Å². The van der Waals surface area contributed by atoms with Gasteiger partial charge in [-0.2, -0.15) is 0 Å². The van der Waals surface area contributed by atoms with Crippen molar-refractivity contribution < 1.29 is 0 Å². The van der Waals surface area contributed by atoms with Gasteiger partial charge in [0.25, 0.3) is 0 Å². The van der Waals surface area contributed by atoms with E-state index in [1.807, 2.05) is 0 Å². The van der Waals surface area contributed by atoms with E-state index < -0.39 is 0 Å². The lowest BCUT2D eigenvalue weighted by Crippen LogP contribution is -2.38. The maximum atomic E-state index is 4.79. The molecule has 1 unspecified atom stereocenters. The van der Waals surface area contributed by atoms with Crippen molar-refractivity contribution in [3.63, 3.8) is 0 Å². The third kappa shape index (κ3) is 1.96. The van der Waals surface area contributed by atoms with Gasteiger partial charge in [-0.05, 0) is 50.4 Å². The number of fused-ring (bicyclic) bond motifs is 1. The summed E-state index contributed by atoms with van der Waals surface area (Å²) < 4.78 is 0. The van der Waals surface area contributed by atoms with Gasteiger partial charge in [-0.1, -0.05) is 12.5 Å². The molecule has 1 aliphatic carbocycles. The number of aromatic nitrogens is 2. The Hall–Kier alpha value is -1.35. The Morgan fingerprint density at radius 3 is 2.95 bits per heavy atom. The first-order valence-corrected chi connectivity index (χ1v) is 7.50. The molecule has 19 heavy (non-hydrogen) atoms. The molecule has 2 fully saturated rings. The first kappa shape index (κ1) is 11.5. The molecule has 2 aliphatic rings. The second-order valence-electron chi connectivity index (χ2n) is 6.21. The largest absolute Gasteiger partial charge is 0.342 e. The lowest BCUT2D eigenvalue weighted by Gasteiger charge is -2.34. The summed E-state index contributed by atoms with van der Waals surface area (Å²) in [6, 6.07) is 7.34. The topological polar surface area (TPSA) is 31.9 Å². The molecule has 0 spiro atoms. The molecule has 0 bridgehead atoms. The summed E-state index contributed by atoms with van der Waals surface area (Å²) in [7, 11) is 0. The van der Waals surface area contributed by atoms with Gasteiger partial charge >= 0.3 is 0 Å². The Labute approximate surface area is 114 Å². The first-order valence-electron chi connectivity index (χ1n) is 7.50. The van der Waals surface area contributed by atoms with Crippen molar-refractivity contribution >= 4 is 11.0 Å². The van der Waals surface area contributed by atoms with E-state index in [9.17, 15) is 0 Å². The van der Waals surface area contributed by atoms with Gasteiger partial charge in [-0.3, -0.25) is 4.90 Å². The van der Waals surface area contributed by atoms with Crippen LogP contribution in [-0.2, 0) is 0 Å². The standard InChI is InChI=1S/C16H21N3/c1-11-5-6-14-15(9-11)18-16(17-14)12-7-8-19(10-12)13-3-2-4-13/h5-6,9,12-13H,2-4,7-8,10H2,1H3,(H,17,18). The minimum atomic E-state index is 0.605. The van der Waals surface area contributed by atoms with Crippen molar-refractivity contribution in [3.8, 4) is 0 Å². The van der Waals surface area contributed by atoms with Crippen LogP contribution < -0.4 is 0 Å². The number of rotatable bonds is 2. The number of benzene rings is 1. The van der Waals surface area contributed by atoms with Crippen molar-refractivity contribution in [2.45, 2.75) is 44.6 Å². The van der Waals surface area contributed by atoms with Crippen LogP contribution >= 0.6 is 0 Å². The summed E-state index contributed by atoms with van der Waals surface area (Å²) in [5.74, 6) is 1.80. The third-order valence-corrected chi connectivity index (χ3v) is 4.85. The van der Waals surface area contributed by atoms with Crippen LogP contribution in [0.1, 0.15) is 43.0 Å². The van der Waals surface area contributed by atoms with Gasteiger partial charge < -0.3 is 4.98 Å². The van der Waals surface area contributed by atoms with E-state index in [-0.39, 0.29) is 0 Å². The number of likely N-dealkylation sites (tertiary alicyclic amines) is 1. The van der Waals surface area contributed by atoms with Crippen molar-refractivity contribution in [2.24, 2.45) is 0 Å². The number of hydrogen-bond acceptors (Lipinski definition) is 2. The molecule has 1 saturated heterocycles. The quantitative estimate of drug-likeness (QED) is 0.893. The summed E-state index contributed by atoms with van der Waals surface area (Å²) in [4.78, 5) is 11.0. The second-order valence-corrected chi connectivity index (χ2v) is 6.21. The molecule has 1 aromatic carbocycles. The molecular formula is C16H21N3. The lowest BCUT2D eigenvalue weighted by molar-refractivity contribution is 0.157. The zero-order chi connectivity index (χ0) is 12.8. The van der Waals surface area contributed by atoms with E-state index in [2.05, 4.69) is 35.0 Å². The van der Waals surface area contributed by atoms with Crippen LogP contribution in [0.3, 0.4) is 0 Å². The van der Waals surface area contributed by atoms with Crippen LogP contribution in [0.2, 0.25) is 0 Å². The second kappa shape index (κ2) is 4.34. The van der Waals surface area contributed by atoms with Gasteiger partial charge in [0.2, 0.25) is 0 Å². The molecular weight excluding hydrogens is 234 g/mol. The Bertz CT molecular complexity index is 597. The van der Waals surface area contributed by atoms with Crippen molar-refractivity contribution in [3.05, 3.63) is 29.6 Å². The van der Waals surface area contributed by atoms with E-state index in [4.69, 9.17) is 4.98 Å². The molecule has 1 atom stereocenters. The number of nitrogens with zero attached hydrogens (tertiary/aromatic N) is 2. The zero-order valence-electron chi connectivity index (χ0n) is 11.5. The Morgan fingerprint density at radius 1 is 1.26 bits per heavy atom. The molecule has 1 N–H and O–H groups in total. The Morgan fingerprint density at radius 2 is 2.16 bits per heavy atom.